The summed E-state index contributed by atoms with van der Waals surface area (Å²) in [5.74, 6) is 0. The van der Waals surface area contributed by atoms with Gasteiger partial charge in [0.25, 0.3) is 0 Å². The third-order valence-electron chi connectivity index (χ3n) is 4.60. The molecule has 4 nitrogen and oxygen atoms in total. The molecular weight excluding hydrogens is 296 g/mol. The number of nitrogens with zero attached hydrogens (tertiary/aromatic N) is 3. The zero-order valence-electron chi connectivity index (χ0n) is 13.6. The van der Waals surface area contributed by atoms with Crippen LogP contribution in [0.15, 0.2) is 24.3 Å². The molecule has 5 heteroatoms. The maximum absolute atomic E-state index is 4.83. The maximum atomic E-state index is 4.83. The molecule has 0 radical (unpaired) electrons. The number of hydrogen-bond donors (Lipinski definition) is 1. The van der Waals surface area contributed by atoms with E-state index in [4.69, 9.17) is 5.10 Å². The molecule has 0 saturated carbocycles. The van der Waals surface area contributed by atoms with Gasteiger partial charge in [-0.05, 0) is 52.4 Å². The number of aromatic nitrogens is 2. The number of fused-ring (bicyclic) bond motifs is 1. The molecular formula is C17H27ClN4. The summed E-state index contributed by atoms with van der Waals surface area (Å²) < 4.78 is 2.12. The Bertz CT molecular complexity index is 587. The average molecular weight is 323 g/mol. The minimum Gasteiger partial charge on any atom is -0.317 e. The minimum atomic E-state index is 0. The second-order valence-corrected chi connectivity index (χ2v) is 6.03. The van der Waals surface area contributed by atoms with E-state index in [0.717, 1.165) is 26.2 Å². The number of halogens is 1. The van der Waals surface area contributed by atoms with Crippen LogP contribution in [0.2, 0.25) is 0 Å². The monoisotopic (exact) mass is 322 g/mol. The fraction of sp³-hybridized carbons (Fsp3) is 0.588. The summed E-state index contributed by atoms with van der Waals surface area (Å²) in [6, 6.07) is 9.26. The summed E-state index contributed by atoms with van der Waals surface area (Å²) in [5.41, 5.74) is 2.47. The molecule has 1 fully saturated rings. The first-order chi connectivity index (χ1) is 10.3. The lowest BCUT2D eigenvalue weighted by Gasteiger charge is -2.26. The van der Waals surface area contributed by atoms with Crippen molar-refractivity contribution in [2.45, 2.75) is 45.3 Å². The molecule has 1 saturated heterocycles. The lowest BCUT2D eigenvalue weighted by Crippen LogP contribution is -2.32. The smallest absolute Gasteiger partial charge is 0.0843 e. The van der Waals surface area contributed by atoms with E-state index < -0.39 is 0 Å². The van der Waals surface area contributed by atoms with E-state index >= 15 is 0 Å². The van der Waals surface area contributed by atoms with Crippen molar-refractivity contribution in [2.75, 3.05) is 20.1 Å². The van der Waals surface area contributed by atoms with Crippen LogP contribution in [0.25, 0.3) is 10.9 Å². The van der Waals surface area contributed by atoms with Gasteiger partial charge in [-0.25, -0.2) is 0 Å². The molecule has 1 N–H and O–H groups in total. The van der Waals surface area contributed by atoms with E-state index in [0.29, 0.717) is 6.04 Å². The van der Waals surface area contributed by atoms with Crippen LogP contribution in [0.5, 0.6) is 0 Å². The van der Waals surface area contributed by atoms with Crippen LogP contribution in [-0.4, -0.2) is 40.9 Å². The van der Waals surface area contributed by atoms with Gasteiger partial charge in [0.2, 0.25) is 0 Å². The molecule has 2 aromatic rings. The van der Waals surface area contributed by atoms with Crippen LogP contribution in [-0.2, 0) is 13.1 Å². The van der Waals surface area contributed by atoms with E-state index in [2.05, 4.69) is 53.1 Å². The van der Waals surface area contributed by atoms with E-state index in [9.17, 15) is 0 Å². The Morgan fingerprint density at radius 2 is 2.09 bits per heavy atom. The Hall–Kier alpha value is -1.10. The highest BCUT2D eigenvalue weighted by molar-refractivity contribution is 5.85. The van der Waals surface area contributed by atoms with Crippen LogP contribution in [0.1, 0.15) is 31.9 Å². The molecule has 1 aromatic heterocycles. The molecule has 1 unspecified atom stereocenters. The number of aryl methyl sites for hydroxylation is 1. The highest BCUT2D eigenvalue weighted by atomic mass is 35.5. The molecule has 0 amide bonds. The number of para-hydroxylation sites is 1. The van der Waals surface area contributed by atoms with Gasteiger partial charge in [0.15, 0.2) is 0 Å². The lowest BCUT2D eigenvalue weighted by molar-refractivity contribution is 0.214. The number of nitrogens with one attached hydrogen (secondary N) is 1. The predicted octanol–water partition coefficient (Wildman–Crippen LogP) is 3.05. The number of benzene rings is 1. The second-order valence-electron chi connectivity index (χ2n) is 6.03. The Labute approximate surface area is 139 Å². The van der Waals surface area contributed by atoms with Gasteiger partial charge in [0.05, 0.1) is 11.2 Å². The molecule has 122 valence electrons. The lowest BCUT2D eigenvalue weighted by atomic mass is 10.1. The van der Waals surface area contributed by atoms with Crippen molar-refractivity contribution in [3.63, 3.8) is 0 Å². The molecule has 1 aromatic carbocycles. The van der Waals surface area contributed by atoms with Gasteiger partial charge in [0, 0.05) is 24.5 Å². The van der Waals surface area contributed by atoms with E-state index in [1.54, 1.807) is 0 Å². The highest BCUT2D eigenvalue weighted by Gasteiger charge is 2.19. The van der Waals surface area contributed by atoms with Crippen molar-refractivity contribution >= 4 is 23.3 Å². The Kier molecular flexibility index (Phi) is 6.24. The molecule has 1 aliphatic rings. The van der Waals surface area contributed by atoms with E-state index in [-0.39, 0.29) is 12.4 Å². The standard InChI is InChI=1S/C17H26N4.ClH/c1-3-21-17-9-5-4-8-15(17)16(19-21)13-20(2)14-7-6-11-18-12-10-14;/h4-5,8-9,14,18H,3,6-7,10-13H2,1-2H3;1H. The summed E-state index contributed by atoms with van der Waals surface area (Å²) in [7, 11) is 2.25. The van der Waals surface area contributed by atoms with Crippen molar-refractivity contribution in [2.24, 2.45) is 0 Å². The van der Waals surface area contributed by atoms with Crippen molar-refractivity contribution in [1.82, 2.24) is 20.0 Å². The van der Waals surface area contributed by atoms with Gasteiger partial charge in [-0.3, -0.25) is 9.58 Å². The minimum absolute atomic E-state index is 0. The first-order valence-corrected chi connectivity index (χ1v) is 8.15. The first-order valence-electron chi connectivity index (χ1n) is 8.15. The molecule has 0 bridgehead atoms. The van der Waals surface area contributed by atoms with Gasteiger partial charge in [-0.1, -0.05) is 18.2 Å². The Morgan fingerprint density at radius 3 is 2.91 bits per heavy atom. The van der Waals surface area contributed by atoms with Crippen LogP contribution < -0.4 is 5.32 Å². The fourth-order valence-electron chi connectivity index (χ4n) is 3.36. The third-order valence-corrected chi connectivity index (χ3v) is 4.60. The predicted molar refractivity (Wildman–Crippen MR) is 94.6 cm³/mol. The third kappa shape index (κ3) is 3.62. The summed E-state index contributed by atoms with van der Waals surface area (Å²) in [6.45, 7) is 6.33. The van der Waals surface area contributed by atoms with Crippen molar-refractivity contribution < 1.29 is 0 Å². The maximum Gasteiger partial charge on any atom is 0.0843 e. The molecule has 3 rings (SSSR count). The van der Waals surface area contributed by atoms with Crippen LogP contribution in [0.4, 0.5) is 0 Å². The van der Waals surface area contributed by atoms with Gasteiger partial charge in [0.1, 0.15) is 0 Å². The summed E-state index contributed by atoms with van der Waals surface area (Å²) in [5, 5.41) is 9.62. The van der Waals surface area contributed by atoms with Gasteiger partial charge < -0.3 is 5.32 Å². The first kappa shape index (κ1) is 17.3. The van der Waals surface area contributed by atoms with Crippen LogP contribution in [0.3, 0.4) is 0 Å². The Morgan fingerprint density at radius 1 is 1.27 bits per heavy atom. The zero-order chi connectivity index (χ0) is 14.7. The van der Waals surface area contributed by atoms with E-state index in [1.807, 2.05) is 0 Å². The highest BCUT2D eigenvalue weighted by Crippen LogP contribution is 2.21. The number of rotatable bonds is 4. The average Bonchev–Trinajstić information content (AvgIpc) is 2.69. The summed E-state index contributed by atoms with van der Waals surface area (Å²) in [4.78, 5) is 2.49. The summed E-state index contributed by atoms with van der Waals surface area (Å²) >= 11 is 0. The normalized spacial score (nSPS) is 19.1. The number of hydrogen-bond acceptors (Lipinski definition) is 3. The zero-order valence-corrected chi connectivity index (χ0v) is 14.4. The quantitative estimate of drug-likeness (QED) is 0.939. The van der Waals surface area contributed by atoms with Gasteiger partial charge in [-0.15, -0.1) is 12.4 Å². The molecule has 0 aliphatic carbocycles. The molecule has 1 atom stereocenters. The van der Waals surface area contributed by atoms with Crippen molar-refractivity contribution in [1.29, 1.82) is 0 Å². The van der Waals surface area contributed by atoms with Crippen LogP contribution >= 0.6 is 12.4 Å². The largest absolute Gasteiger partial charge is 0.317 e. The molecule has 0 spiro atoms. The van der Waals surface area contributed by atoms with Crippen molar-refractivity contribution in [3.8, 4) is 0 Å². The topological polar surface area (TPSA) is 33.1 Å². The van der Waals surface area contributed by atoms with E-state index in [1.165, 1.54) is 35.9 Å². The molecule has 22 heavy (non-hydrogen) atoms. The van der Waals surface area contributed by atoms with Crippen LogP contribution in [0, 0.1) is 0 Å². The second kappa shape index (κ2) is 7.95. The van der Waals surface area contributed by atoms with Crippen molar-refractivity contribution in [3.05, 3.63) is 30.0 Å². The molecule has 1 aliphatic heterocycles. The SMILES string of the molecule is CCn1nc(CN(C)C2CCCNCC2)c2ccccc21.Cl. The van der Waals surface area contributed by atoms with Gasteiger partial charge >= 0.3 is 0 Å². The fourth-order valence-corrected chi connectivity index (χ4v) is 3.36. The van der Waals surface area contributed by atoms with Gasteiger partial charge in [-0.2, -0.15) is 5.10 Å². The summed E-state index contributed by atoms with van der Waals surface area (Å²) in [6.07, 6.45) is 3.80. The Balaban J connectivity index is 0.00000176. The molecule has 2 heterocycles.